The van der Waals surface area contributed by atoms with Crippen LogP contribution in [0.1, 0.15) is 6.42 Å². The molecular formula is C8H10N4O. The Labute approximate surface area is 75.4 Å². The van der Waals surface area contributed by atoms with Gasteiger partial charge in [-0.1, -0.05) is 0 Å². The summed E-state index contributed by atoms with van der Waals surface area (Å²) in [5.41, 5.74) is 5.18. The van der Waals surface area contributed by atoms with Gasteiger partial charge in [-0.3, -0.25) is 4.79 Å². The van der Waals surface area contributed by atoms with Gasteiger partial charge in [0, 0.05) is 13.0 Å². The van der Waals surface area contributed by atoms with Crippen LogP contribution in [0.5, 0.6) is 0 Å². The molecular weight excluding hydrogens is 168 g/mol. The van der Waals surface area contributed by atoms with Crippen LogP contribution in [0, 0.1) is 12.3 Å². The Kier molecular flexibility index (Phi) is 2.92. The fourth-order valence-corrected chi connectivity index (χ4v) is 0.804. The minimum absolute atomic E-state index is 0.0829. The van der Waals surface area contributed by atoms with E-state index in [0.29, 0.717) is 18.8 Å². The zero-order chi connectivity index (χ0) is 9.68. The van der Waals surface area contributed by atoms with Crippen LogP contribution in [-0.4, -0.2) is 16.5 Å². The van der Waals surface area contributed by atoms with E-state index in [9.17, 15) is 4.79 Å². The molecule has 0 aliphatic rings. The maximum absolute atomic E-state index is 11.0. The summed E-state index contributed by atoms with van der Waals surface area (Å²) in [6.45, 7) is 0.553. The van der Waals surface area contributed by atoms with Crippen molar-refractivity contribution in [2.24, 2.45) is 0 Å². The third kappa shape index (κ3) is 2.24. The molecule has 5 nitrogen and oxygen atoms in total. The number of hydrogen-bond acceptors (Lipinski definition) is 4. The number of rotatable bonds is 3. The predicted octanol–water partition coefficient (Wildman–Crippen LogP) is -0.213. The first-order valence-electron chi connectivity index (χ1n) is 3.76. The summed E-state index contributed by atoms with van der Waals surface area (Å²) in [6, 6.07) is 0. The van der Waals surface area contributed by atoms with Crippen molar-refractivity contribution >= 4 is 11.5 Å². The maximum atomic E-state index is 11.0. The smallest absolute Gasteiger partial charge is 0.276 e. The SMILES string of the molecule is C#CCCNc1nc[nH]c(=O)c1N. The number of anilines is 2. The van der Waals surface area contributed by atoms with Gasteiger partial charge in [0.2, 0.25) is 0 Å². The summed E-state index contributed by atoms with van der Waals surface area (Å²) < 4.78 is 0. The molecule has 0 saturated carbocycles. The normalized spacial score (nSPS) is 9.15. The third-order valence-electron chi connectivity index (χ3n) is 1.45. The summed E-state index contributed by atoms with van der Waals surface area (Å²) in [6.07, 6.45) is 6.90. The molecule has 0 aliphatic carbocycles. The van der Waals surface area contributed by atoms with Crippen LogP contribution in [0.2, 0.25) is 0 Å². The topological polar surface area (TPSA) is 83.8 Å². The van der Waals surface area contributed by atoms with Crippen LogP contribution < -0.4 is 16.6 Å². The lowest BCUT2D eigenvalue weighted by Gasteiger charge is -2.03. The van der Waals surface area contributed by atoms with Gasteiger partial charge >= 0.3 is 0 Å². The van der Waals surface area contributed by atoms with Crippen LogP contribution in [-0.2, 0) is 0 Å². The highest BCUT2D eigenvalue weighted by Gasteiger charge is 2.01. The second-order valence-corrected chi connectivity index (χ2v) is 2.37. The van der Waals surface area contributed by atoms with E-state index < -0.39 is 0 Å². The number of nitrogens with one attached hydrogen (secondary N) is 2. The first-order chi connectivity index (χ1) is 6.25. The molecule has 5 heteroatoms. The van der Waals surface area contributed by atoms with Crippen molar-refractivity contribution in [2.45, 2.75) is 6.42 Å². The molecule has 0 aliphatic heterocycles. The summed E-state index contributed by atoms with van der Waals surface area (Å²) in [7, 11) is 0. The van der Waals surface area contributed by atoms with Crippen LogP contribution in [0.15, 0.2) is 11.1 Å². The molecule has 0 radical (unpaired) electrons. The Morgan fingerprint density at radius 2 is 2.54 bits per heavy atom. The van der Waals surface area contributed by atoms with E-state index in [2.05, 4.69) is 21.2 Å². The van der Waals surface area contributed by atoms with Crippen LogP contribution in [0.25, 0.3) is 0 Å². The zero-order valence-corrected chi connectivity index (χ0v) is 7.00. The zero-order valence-electron chi connectivity index (χ0n) is 7.00. The highest BCUT2D eigenvalue weighted by molar-refractivity contribution is 5.58. The quantitative estimate of drug-likeness (QED) is 0.441. The van der Waals surface area contributed by atoms with Crippen molar-refractivity contribution in [1.82, 2.24) is 9.97 Å². The van der Waals surface area contributed by atoms with Gasteiger partial charge in [0.15, 0.2) is 5.82 Å². The lowest BCUT2D eigenvalue weighted by molar-refractivity contribution is 1.05. The Balaban J connectivity index is 2.73. The molecule has 13 heavy (non-hydrogen) atoms. The molecule has 0 amide bonds. The van der Waals surface area contributed by atoms with Crippen molar-refractivity contribution in [3.8, 4) is 12.3 Å². The minimum atomic E-state index is -0.349. The molecule has 0 aromatic carbocycles. The molecule has 0 bridgehead atoms. The van der Waals surface area contributed by atoms with Gasteiger partial charge < -0.3 is 16.0 Å². The van der Waals surface area contributed by atoms with Gasteiger partial charge in [0.25, 0.3) is 5.56 Å². The first-order valence-corrected chi connectivity index (χ1v) is 3.76. The number of H-pyrrole nitrogens is 1. The summed E-state index contributed by atoms with van der Waals surface area (Å²) in [5.74, 6) is 2.83. The summed E-state index contributed by atoms with van der Waals surface area (Å²) in [4.78, 5) is 17.2. The van der Waals surface area contributed by atoms with Gasteiger partial charge in [-0.05, 0) is 0 Å². The largest absolute Gasteiger partial charge is 0.391 e. The Hall–Kier alpha value is -1.96. The average Bonchev–Trinajstić information content (AvgIpc) is 2.13. The summed E-state index contributed by atoms with van der Waals surface area (Å²) in [5, 5.41) is 2.86. The number of nitrogen functional groups attached to an aromatic ring is 1. The number of aromatic amines is 1. The molecule has 1 aromatic heterocycles. The van der Waals surface area contributed by atoms with Crippen molar-refractivity contribution in [3.63, 3.8) is 0 Å². The Morgan fingerprint density at radius 3 is 3.23 bits per heavy atom. The van der Waals surface area contributed by atoms with Gasteiger partial charge in [0.1, 0.15) is 5.69 Å². The Morgan fingerprint density at radius 1 is 1.77 bits per heavy atom. The molecule has 1 rings (SSSR count). The molecule has 1 heterocycles. The van der Waals surface area contributed by atoms with Gasteiger partial charge in [-0.15, -0.1) is 12.3 Å². The van der Waals surface area contributed by atoms with Crippen LogP contribution >= 0.6 is 0 Å². The molecule has 0 saturated heterocycles. The highest BCUT2D eigenvalue weighted by atomic mass is 16.1. The fourth-order valence-electron chi connectivity index (χ4n) is 0.804. The van der Waals surface area contributed by atoms with Gasteiger partial charge in [-0.25, -0.2) is 4.98 Å². The van der Waals surface area contributed by atoms with E-state index in [1.807, 2.05) is 0 Å². The number of terminal acetylenes is 1. The van der Waals surface area contributed by atoms with Crippen LogP contribution in [0.3, 0.4) is 0 Å². The number of nitrogens with zero attached hydrogens (tertiary/aromatic N) is 1. The molecule has 0 unspecified atom stereocenters. The number of aromatic nitrogens is 2. The number of hydrogen-bond donors (Lipinski definition) is 3. The highest BCUT2D eigenvalue weighted by Crippen LogP contribution is 2.06. The molecule has 1 aromatic rings. The van der Waals surface area contributed by atoms with E-state index >= 15 is 0 Å². The standard InChI is InChI=1S/C8H10N4O/c1-2-3-4-10-7-6(9)8(13)12-5-11-7/h1,5H,3-4,9H2,(H2,10,11,12,13). The van der Waals surface area contributed by atoms with Crippen molar-refractivity contribution in [2.75, 3.05) is 17.6 Å². The lowest BCUT2D eigenvalue weighted by Crippen LogP contribution is -2.16. The van der Waals surface area contributed by atoms with Crippen molar-refractivity contribution < 1.29 is 0 Å². The number of nitrogens with two attached hydrogens (primary N) is 1. The van der Waals surface area contributed by atoms with E-state index in [1.54, 1.807) is 0 Å². The molecule has 68 valence electrons. The first kappa shape index (κ1) is 9.13. The Bertz CT molecular complexity index is 376. The fraction of sp³-hybridized carbons (Fsp3) is 0.250. The third-order valence-corrected chi connectivity index (χ3v) is 1.45. The second-order valence-electron chi connectivity index (χ2n) is 2.37. The van der Waals surface area contributed by atoms with Crippen LogP contribution in [0.4, 0.5) is 11.5 Å². The predicted molar refractivity (Wildman–Crippen MR) is 51.2 cm³/mol. The van der Waals surface area contributed by atoms with E-state index in [-0.39, 0.29) is 11.2 Å². The van der Waals surface area contributed by atoms with Crippen molar-refractivity contribution in [3.05, 3.63) is 16.7 Å². The maximum Gasteiger partial charge on any atom is 0.276 e. The molecule has 4 N–H and O–H groups in total. The van der Waals surface area contributed by atoms with E-state index in [0.717, 1.165) is 0 Å². The van der Waals surface area contributed by atoms with Crippen molar-refractivity contribution in [1.29, 1.82) is 0 Å². The van der Waals surface area contributed by atoms with E-state index in [1.165, 1.54) is 6.33 Å². The lowest BCUT2D eigenvalue weighted by atomic mass is 10.4. The molecule has 0 atom stereocenters. The monoisotopic (exact) mass is 178 g/mol. The second kappa shape index (κ2) is 4.16. The summed E-state index contributed by atoms with van der Waals surface area (Å²) >= 11 is 0. The molecule has 0 spiro atoms. The van der Waals surface area contributed by atoms with E-state index in [4.69, 9.17) is 12.2 Å². The molecule has 0 fully saturated rings. The average molecular weight is 178 g/mol. The van der Waals surface area contributed by atoms with Gasteiger partial charge in [-0.2, -0.15) is 0 Å². The van der Waals surface area contributed by atoms with Gasteiger partial charge in [0.05, 0.1) is 6.33 Å². The minimum Gasteiger partial charge on any atom is -0.391 e.